The summed E-state index contributed by atoms with van der Waals surface area (Å²) in [7, 11) is 0. The summed E-state index contributed by atoms with van der Waals surface area (Å²) in [6.07, 6.45) is -13.0. The van der Waals surface area contributed by atoms with Crippen molar-refractivity contribution in [3.8, 4) is 0 Å². The Labute approximate surface area is 190 Å². The fraction of sp³-hybridized carbons (Fsp3) is 0.435. The first kappa shape index (κ1) is 27.3. The van der Waals surface area contributed by atoms with E-state index in [1.807, 2.05) is 0 Å². The van der Waals surface area contributed by atoms with Gasteiger partial charge in [0.15, 0.2) is 5.78 Å². The highest BCUT2D eigenvalue weighted by molar-refractivity contribution is 6.02. The van der Waals surface area contributed by atoms with Crippen LogP contribution in [0.1, 0.15) is 54.9 Å². The van der Waals surface area contributed by atoms with Crippen LogP contribution >= 0.6 is 0 Å². The molecule has 0 saturated carbocycles. The maximum absolute atomic E-state index is 14.5. The second kappa shape index (κ2) is 8.66. The molecule has 0 aromatic heterocycles. The third kappa shape index (κ3) is 4.27. The van der Waals surface area contributed by atoms with Gasteiger partial charge >= 0.3 is 18.0 Å². The highest BCUT2D eigenvalue weighted by Gasteiger charge is 2.73. The first-order valence-electron chi connectivity index (χ1n) is 9.98. The Morgan fingerprint density at radius 1 is 0.794 bits per heavy atom. The lowest BCUT2D eigenvalue weighted by Crippen LogP contribution is -2.50. The molecule has 4 nitrogen and oxygen atoms in total. The van der Waals surface area contributed by atoms with Crippen molar-refractivity contribution in [3.05, 3.63) is 72.3 Å². The van der Waals surface area contributed by atoms with E-state index in [9.17, 15) is 45.6 Å². The minimum absolute atomic E-state index is 0.0584. The molecule has 0 saturated heterocycles. The van der Waals surface area contributed by atoms with E-state index in [0.717, 1.165) is 0 Å². The van der Waals surface area contributed by atoms with Crippen LogP contribution in [-0.4, -0.2) is 23.1 Å². The third-order valence-corrected chi connectivity index (χ3v) is 6.26. The van der Waals surface area contributed by atoms with Crippen molar-refractivity contribution < 1.29 is 40.5 Å². The number of aryl methyl sites for hydroxylation is 2. The summed E-state index contributed by atoms with van der Waals surface area (Å²) in [6.45, 7) is 8.49. The molecule has 11 heteroatoms. The molecule has 0 aliphatic heterocycles. The number of ketones is 1. The van der Waals surface area contributed by atoms with E-state index in [0.29, 0.717) is 28.8 Å². The molecule has 0 bridgehead atoms. The molecule has 2 rings (SSSR count). The average molecular weight is 493 g/mol. The van der Waals surface area contributed by atoms with E-state index in [2.05, 4.69) is 0 Å². The molecule has 0 aliphatic carbocycles. The summed E-state index contributed by atoms with van der Waals surface area (Å²) in [5, 5.41) is 11.5. The van der Waals surface area contributed by atoms with E-state index < -0.39 is 40.7 Å². The van der Waals surface area contributed by atoms with Gasteiger partial charge in [-0.25, -0.2) is 4.39 Å². The fourth-order valence-electron chi connectivity index (χ4n) is 4.23. The Kier molecular flexibility index (Phi) is 6.95. The van der Waals surface area contributed by atoms with Crippen LogP contribution in [0.3, 0.4) is 0 Å². The van der Waals surface area contributed by atoms with Crippen molar-refractivity contribution in [1.82, 2.24) is 0 Å². The number of halogens is 7. The zero-order valence-electron chi connectivity index (χ0n) is 19.2. The number of carbonyl (C=O) groups is 1. The average Bonchev–Trinajstić information content (AvgIpc) is 2.66. The lowest BCUT2D eigenvalue weighted by atomic mass is 9.85. The zero-order chi connectivity index (χ0) is 26.5. The standard InChI is InChI=1S/C23H22F7NO3/c1-10-7-16(21(24,22(25,26)27)23(28,29)30)8-11(2)17(10)9-18(32)19-13(4)12(3)14(5)20(15(19)6)31(33)34/h7-8H,9H2,1-6H3. The first-order valence-corrected chi connectivity index (χ1v) is 9.98. The van der Waals surface area contributed by atoms with Crippen LogP contribution in [-0.2, 0) is 12.1 Å². The number of nitro groups is 1. The third-order valence-electron chi connectivity index (χ3n) is 6.26. The lowest BCUT2D eigenvalue weighted by Gasteiger charge is -2.31. The topological polar surface area (TPSA) is 60.2 Å². The number of nitro benzene ring substituents is 1. The zero-order valence-corrected chi connectivity index (χ0v) is 19.2. The number of nitrogens with zero attached hydrogens (tertiary/aromatic N) is 1. The van der Waals surface area contributed by atoms with Crippen LogP contribution in [0.4, 0.5) is 36.4 Å². The van der Waals surface area contributed by atoms with E-state index in [4.69, 9.17) is 0 Å². The summed E-state index contributed by atoms with van der Waals surface area (Å²) in [4.78, 5) is 24.0. The smallest absolute Gasteiger partial charge is 0.294 e. The van der Waals surface area contributed by atoms with Crippen LogP contribution in [0.15, 0.2) is 12.1 Å². The second-order valence-electron chi connectivity index (χ2n) is 8.32. The second-order valence-corrected chi connectivity index (χ2v) is 8.32. The van der Waals surface area contributed by atoms with Crippen molar-refractivity contribution in [2.24, 2.45) is 0 Å². The van der Waals surface area contributed by atoms with Crippen LogP contribution in [0.25, 0.3) is 0 Å². The number of alkyl halides is 7. The molecule has 0 N–H and O–H groups in total. The van der Waals surface area contributed by atoms with Gasteiger partial charge in [0.2, 0.25) is 0 Å². The molecule has 0 heterocycles. The molecule has 34 heavy (non-hydrogen) atoms. The van der Waals surface area contributed by atoms with E-state index in [-0.39, 0.29) is 33.5 Å². The minimum Gasteiger partial charge on any atom is -0.294 e. The number of hydrogen-bond donors (Lipinski definition) is 0. The van der Waals surface area contributed by atoms with Gasteiger partial charge < -0.3 is 0 Å². The Morgan fingerprint density at radius 3 is 1.62 bits per heavy atom. The van der Waals surface area contributed by atoms with E-state index in [1.165, 1.54) is 20.8 Å². The quantitative estimate of drug-likeness (QED) is 0.192. The van der Waals surface area contributed by atoms with Crippen molar-refractivity contribution in [1.29, 1.82) is 0 Å². The van der Waals surface area contributed by atoms with Crippen molar-refractivity contribution in [3.63, 3.8) is 0 Å². The highest BCUT2D eigenvalue weighted by Crippen LogP contribution is 2.53. The van der Waals surface area contributed by atoms with E-state index >= 15 is 0 Å². The summed E-state index contributed by atoms with van der Waals surface area (Å²) < 4.78 is 93.3. The predicted octanol–water partition coefficient (Wildman–Crippen LogP) is 7.16. The van der Waals surface area contributed by atoms with E-state index in [1.54, 1.807) is 20.8 Å². The van der Waals surface area contributed by atoms with Gasteiger partial charge in [-0.3, -0.25) is 14.9 Å². The van der Waals surface area contributed by atoms with Crippen LogP contribution < -0.4 is 0 Å². The highest BCUT2D eigenvalue weighted by atomic mass is 19.4. The summed E-state index contributed by atoms with van der Waals surface area (Å²) in [6, 6.07) is 0.859. The Balaban J connectivity index is 2.64. The van der Waals surface area contributed by atoms with Gasteiger partial charge in [0.05, 0.1) is 4.92 Å². The van der Waals surface area contributed by atoms with Crippen LogP contribution in [0.5, 0.6) is 0 Å². The monoisotopic (exact) mass is 493 g/mol. The maximum Gasteiger partial charge on any atom is 0.435 e. The molecular formula is C23H22F7NO3. The Bertz CT molecular complexity index is 1140. The fourth-order valence-corrected chi connectivity index (χ4v) is 4.23. The van der Waals surface area contributed by atoms with Gasteiger partial charge in [0.1, 0.15) is 0 Å². The summed E-state index contributed by atoms with van der Waals surface area (Å²) in [5.74, 6) is -0.599. The molecule has 0 fully saturated rings. The number of carbonyl (C=O) groups excluding carboxylic acids is 1. The molecule has 2 aromatic carbocycles. The largest absolute Gasteiger partial charge is 0.435 e. The lowest BCUT2D eigenvalue weighted by molar-refractivity contribution is -0.386. The van der Waals surface area contributed by atoms with Crippen LogP contribution in [0.2, 0.25) is 0 Å². The molecule has 0 spiro atoms. The molecule has 0 atom stereocenters. The SMILES string of the molecule is Cc1cc(C(F)(C(F)(F)F)C(F)(F)F)cc(C)c1CC(=O)c1c(C)c(C)c(C)c([N+](=O)[O-])c1C. The predicted molar refractivity (Wildman–Crippen MR) is 111 cm³/mol. The first-order chi connectivity index (χ1) is 15.3. The van der Waals surface area contributed by atoms with Crippen molar-refractivity contribution in [2.75, 3.05) is 0 Å². The van der Waals surface area contributed by atoms with Gasteiger partial charge in [0, 0.05) is 28.7 Å². The van der Waals surface area contributed by atoms with Gasteiger partial charge in [0.25, 0.3) is 5.69 Å². The number of Topliss-reactive ketones (excluding diaryl/α,β-unsaturated/α-hetero) is 1. The molecule has 0 unspecified atom stereocenters. The van der Waals surface area contributed by atoms with Crippen LogP contribution in [0, 0.1) is 51.7 Å². The molecule has 0 amide bonds. The summed E-state index contributed by atoms with van der Waals surface area (Å²) >= 11 is 0. The maximum atomic E-state index is 14.5. The molecule has 2 aromatic rings. The summed E-state index contributed by atoms with van der Waals surface area (Å²) in [5.41, 5.74) is -6.09. The molecule has 186 valence electrons. The molecular weight excluding hydrogens is 471 g/mol. The normalized spacial score (nSPS) is 12.7. The van der Waals surface area contributed by atoms with Crippen molar-refractivity contribution >= 4 is 11.5 Å². The molecule has 0 aliphatic rings. The van der Waals surface area contributed by atoms with Gasteiger partial charge in [-0.15, -0.1) is 0 Å². The minimum atomic E-state index is -6.26. The number of hydrogen-bond acceptors (Lipinski definition) is 3. The molecule has 0 radical (unpaired) electrons. The number of benzene rings is 2. The van der Waals surface area contributed by atoms with Crippen molar-refractivity contribution in [2.45, 2.75) is 66.0 Å². The van der Waals surface area contributed by atoms with Gasteiger partial charge in [-0.1, -0.05) is 12.1 Å². The number of rotatable bonds is 5. The van der Waals surface area contributed by atoms with Gasteiger partial charge in [-0.2, -0.15) is 26.3 Å². The van der Waals surface area contributed by atoms with Gasteiger partial charge in [-0.05, 0) is 69.4 Å². The Hall–Kier alpha value is -2.98. The Morgan fingerprint density at radius 2 is 1.24 bits per heavy atom.